The standard InChI is InChI=1S/C24H30N4O2/c1-3-29-11-9-17-15-25-23-13-19(5-7-21(17)23)27-28-20-6-8-22-18(10-12-30-4-2)16-26-24(22)14-20/h5-8,13-16,25-28H,3-4,9-12H2,1-2H3. The average Bonchev–Trinajstić information content (AvgIpc) is 3.36. The number of hydrogen-bond donors (Lipinski definition) is 4. The van der Waals surface area contributed by atoms with Crippen LogP contribution in [0.1, 0.15) is 25.0 Å². The zero-order valence-corrected chi connectivity index (χ0v) is 17.7. The highest BCUT2D eigenvalue weighted by Crippen LogP contribution is 2.25. The molecule has 0 spiro atoms. The van der Waals surface area contributed by atoms with E-state index < -0.39 is 0 Å². The molecule has 0 aliphatic carbocycles. The summed E-state index contributed by atoms with van der Waals surface area (Å²) < 4.78 is 11.0. The van der Waals surface area contributed by atoms with Crippen LogP contribution in [0.15, 0.2) is 48.8 Å². The van der Waals surface area contributed by atoms with Crippen LogP contribution in [0, 0.1) is 0 Å². The zero-order chi connectivity index (χ0) is 20.8. The molecule has 4 rings (SSSR count). The maximum absolute atomic E-state index is 5.48. The zero-order valence-electron chi connectivity index (χ0n) is 17.7. The van der Waals surface area contributed by atoms with Gasteiger partial charge >= 0.3 is 0 Å². The Balaban J connectivity index is 1.40. The fraction of sp³-hybridized carbons (Fsp3) is 0.333. The van der Waals surface area contributed by atoms with Crippen molar-refractivity contribution in [3.8, 4) is 0 Å². The quantitative estimate of drug-likeness (QED) is 0.203. The summed E-state index contributed by atoms with van der Waals surface area (Å²) in [5, 5.41) is 2.49. The smallest absolute Gasteiger partial charge is 0.0560 e. The van der Waals surface area contributed by atoms with Crippen molar-refractivity contribution >= 4 is 33.2 Å². The van der Waals surface area contributed by atoms with Crippen LogP contribution in [-0.4, -0.2) is 36.4 Å². The van der Waals surface area contributed by atoms with Gasteiger partial charge < -0.3 is 30.3 Å². The molecule has 2 aromatic heterocycles. The van der Waals surface area contributed by atoms with Crippen LogP contribution >= 0.6 is 0 Å². The van der Waals surface area contributed by atoms with E-state index in [-0.39, 0.29) is 0 Å². The molecule has 4 N–H and O–H groups in total. The predicted molar refractivity (Wildman–Crippen MR) is 124 cm³/mol. The van der Waals surface area contributed by atoms with Gasteiger partial charge in [-0.05, 0) is 62.1 Å². The van der Waals surface area contributed by atoms with Gasteiger partial charge in [-0.25, -0.2) is 0 Å². The van der Waals surface area contributed by atoms with Gasteiger partial charge in [0.05, 0.1) is 24.6 Å². The van der Waals surface area contributed by atoms with E-state index in [1.165, 1.54) is 21.9 Å². The molecule has 0 radical (unpaired) electrons. The van der Waals surface area contributed by atoms with Crippen molar-refractivity contribution in [3.05, 3.63) is 59.9 Å². The van der Waals surface area contributed by atoms with Gasteiger partial charge in [0.1, 0.15) is 0 Å². The molecule has 0 saturated carbocycles. The van der Waals surface area contributed by atoms with Crippen LogP contribution in [0.2, 0.25) is 0 Å². The Morgan fingerprint density at radius 2 is 1.17 bits per heavy atom. The molecule has 0 aliphatic heterocycles. The number of H-pyrrole nitrogens is 2. The number of aromatic amines is 2. The van der Waals surface area contributed by atoms with Gasteiger partial charge in [-0.3, -0.25) is 0 Å². The normalized spacial score (nSPS) is 11.4. The summed E-state index contributed by atoms with van der Waals surface area (Å²) in [5.41, 5.74) is 13.4. The van der Waals surface area contributed by atoms with E-state index in [2.05, 4.69) is 69.6 Å². The summed E-state index contributed by atoms with van der Waals surface area (Å²) in [4.78, 5) is 6.73. The summed E-state index contributed by atoms with van der Waals surface area (Å²) in [6, 6.07) is 12.7. The topological polar surface area (TPSA) is 74.1 Å². The van der Waals surface area contributed by atoms with Gasteiger partial charge in [0, 0.05) is 47.4 Å². The van der Waals surface area contributed by atoms with E-state index in [9.17, 15) is 0 Å². The molecule has 0 atom stereocenters. The number of anilines is 2. The summed E-state index contributed by atoms with van der Waals surface area (Å²) >= 11 is 0. The van der Waals surface area contributed by atoms with Crippen molar-refractivity contribution in [2.45, 2.75) is 26.7 Å². The van der Waals surface area contributed by atoms with Crippen LogP contribution in [0.4, 0.5) is 11.4 Å². The number of benzene rings is 2. The van der Waals surface area contributed by atoms with E-state index in [1.54, 1.807) is 0 Å². The Morgan fingerprint density at radius 1 is 0.700 bits per heavy atom. The van der Waals surface area contributed by atoms with Crippen LogP contribution in [0.25, 0.3) is 21.8 Å². The third-order valence-electron chi connectivity index (χ3n) is 5.33. The largest absolute Gasteiger partial charge is 0.381 e. The highest BCUT2D eigenvalue weighted by atomic mass is 16.5. The van der Waals surface area contributed by atoms with E-state index in [0.29, 0.717) is 0 Å². The first-order valence-corrected chi connectivity index (χ1v) is 10.7. The molecule has 6 nitrogen and oxygen atoms in total. The molecule has 4 aromatic rings. The van der Waals surface area contributed by atoms with E-state index in [0.717, 1.165) is 61.7 Å². The highest BCUT2D eigenvalue weighted by molar-refractivity contribution is 5.88. The summed E-state index contributed by atoms with van der Waals surface area (Å²) in [5.74, 6) is 0. The minimum absolute atomic E-state index is 0.750. The van der Waals surface area contributed by atoms with Gasteiger partial charge in [-0.15, -0.1) is 0 Å². The molecule has 0 saturated heterocycles. The van der Waals surface area contributed by atoms with Crippen LogP contribution in [0.5, 0.6) is 0 Å². The van der Waals surface area contributed by atoms with Crippen LogP contribution in [-0.2, 0) is 22.3 Å². The molecule has 0 aliphatic rings. The maximum Gasteiger partial charge on any atom is 0.0560 e. The Morgan fingerprint density at radius 3 is 1.60 bits per heavy atom. The molecule has 2 heterocycles. The molecule has 158 valence electrons. The molecular formula is C24H30N4O2. The minimum atomic E-state index is 0.750. The monoisotopic (exact) mass is 406 g/mol. The molecule has 2 aromatic carbocycles. The number of hydrogen-bond acceptors (Lipinski definition) is 4. The van der Waals surface area contributed by atoms with E-state index >= 15 is 0 Å². The van der Waals surface area contributed by atoms with Gasteiger partial charge in [0.2, 0.25) is 0 Å². The van der Waals surface area contributed by atoms with Crippen molar-refractivity contribution < 1.29 is 9.47 Å². The molecule has 0 amide bonds. The summed E-state index contributed by atoms with van der Waals surface area (Å²) in [6.45, 7) is 7.06. The fourth-order valence-corrected chi connectivity index (χ4v) is 3.74. The van der Waals surface area contributed by atoms with Crippen LogP contribution in [0.3, 0.4) is 0 Å². The van der Waals surface area contributed by atoms with Gasteiger partial charge in [-0.1, -0.05) is 12.1 Å². The molecular weight excluding hydrogens is 376 g/mol. The molecule has 0 unspecified atom stereocenters. The lowest BCUT2D eigenvalue weighted by Gasteiger charge is -2.10. The van der Waals surface area contributed by atoms with Gasteiger partial charge in [0.25, 0.3) is 0 Å². The van der Waals surface area contributed by atoms with Crippen molar-refractivity contribution in [1.82, 2.24) is 9.97 Å². The third-order valence-corrected chi connectivity index (χ3v) is 5.33. The number of rotatable bonds is 11. The second kappa shape index (κ2) is 9.69. The molecule has 0 bridgehead atoms. The van der Waals surface area contributed by atoms with E-state index in [4.69, 9.17) is 9.47 Å². The lowest BCUT2D eigenvalue weighted by Crippen LogP contribution is -2.08. The summed E-state index contributed by atoms with van der Waals surface area (Å²) in [7, 11) is 0. The van der Waals surface area contributed by atoms with Gasteiger partial charge in [0.15, 0.2) is 0 Å². The first-order chi connectivity index (χ1) is 14.8. The Bertz CT molecular complexity index is 1010. The highest BCUT2D eigenvalue weighted by Gasteiger charge is 2.06. The van der Waals surface area contributed by atoms with Crippen LogP contribution < -0.4 is 10.9 Å². The van der Waals surface area contributed by atoms with Crippen molar-refractivity contribution in [1.29, 1.82) is 0 Å². The molecule has 30 heavy (non-hydrogen) atoms. The van der Waals surface area contributed by atoms with Gasteiger partial charge in [-0.2, -0.15) is 0 Å². The first-order valence-electron chi connectivity index (χ1n) is 10.7. The minimum Gasteiger partial charge on any atom is -0.381 e. The molecule has 6 heteroatoms. The Kier molecular flexibility index (Phi) is 6.57. The van der Waals surface area contributed by atoms with Crippen molar-refractivity contribution in [3.63, 3.8) is 0 Å². The number of fused-ring (bicyclic) bond motifs is 2. The Hall–Kier alpha value is -2.96. The maximum atomic E-state index is 5.48. The summed E-state index contributed by atoms with van der Waals surface area (Å²) in [6.07, 6.45) is 5.98. The lowest BCUT2D eigenvalue weighted by molar-refractivity contribution is 0.151. The lowest BCUT2D eigenvalue weighted by atomic mass is 10.1. The third kappa shape index (κ3) is 4.61. The first kappa shape index (κ1) is 20.3. The Labute approximate surface area is 176 Å². The number of nitrogens with one attached hydrogen (secondary N) is 4. The molecule has 0 fully saturated rings. The second-order valence-corrected chi connectivity index (χ2v) is 7.29. The number of ether oxygens (including phenoxy) is 2. The second-order valence-electron chi connectivity index (χ2n) is 7.29. The number of hydrazine groups is 1. The van der Waals surface area contributed by atoms with Crippen molar-refractivity contribution in [2.75, 3.05) is 37.3 Å². The fourth-order valence-electron chi connectivity index (χ4n) is 3.74. The average molecular weight is 407 g/mol. The SMILES string of the molecule is CCOCCc1c[nH]c2cc(NNc3ccc4c(CCOCC)c[nH]c4c3)ccc12. The van der Waals surface area contributed by atoms with E-state index in [1.807, 2.05) is 13.8 Å². The van der Waals surface area contributed by atoms with Crippen molar-refractivity contribution in [2.24, 2.45) is 0 Å². The number of aromatic nitrogens is 2. The predicted octanol–water partition coefficient (Wildman–Crippen LogP) is 5.25.